The number of furan rings is 1. The summed E-state index contributed by atoms with van der Waals surface area (Å²) in [6.45, 7) is 0. The Bertz CT molecular complexity index is 2950. The lowest BCUT2D eigenvalue weighted by atomic mass is 9.48. The van der Waals surface area contributed by atoms with E-state index in [1.807, 2.05) is 30.3 Å². The van der Waals surface area contributed by atoms with Crippen molar-refractivity contribution in [1.29, 1.82) is 0 Å². The molecule has 57 heavy (non-hydrogen) atoms. The molecule has 4 saturated carbocycles. The highest BCUT2D eigenvalue weighted by atomic mass is 16.3. The first-order chi connectivity index (χ1) is 28.1. The van der Waals surface area contributed by atoms with Gasteiger partial charge in [0.2, 0.25) is 0 Å². The minimum absolute atomic E-state index is 0.391. The molecular formula is C53H41N3O. The summed E-state index contributed by atoms with van der Waals surface area (Å²) in [4.78, 5) is 15.7. The van der Waals surface area contributed by atoms with Gasteiger partial charge in [0.15, 0.2) is 17.5 Å². The normalized spacial score (nSPS) is 21.2. The predicted molar refractivity (Wildman–Crippen MR) is 232 cm³/mol. The van der Waals surface area contributed by atoms with Crippen molar-refractivity contribution in [2.75, 3.05) is 0 Å². The molecule has 4 nitrogen and oxygen atoms in total. The number of benzene rings is 7. The Morgan fingerprint density at radius 2 is 0.912 bits per heavy atom. The third-order valence-corrected chi connectivity index (χ3v) is 13.5. The second-order valence-electron chi connectivity index (χ2n) is 17.0. The van der Waals surface area contributed by atoms with Crippen LogP contribution < -0.4 is 0 Å². The van der Waals surface area contributed by atoms with Crippen molar-refractivity contribution in [1.82, 2.24) is 15.0 Å². The Kier molecular flexibility index (Phi) is 7.38. The largest absolute Gasteiger partial charge is 0.456 e. The second-order valence-corrected chi connectivity index (χ2v) is 17.0. The molecule has 4 aliphatic rings. The van der Waals surface area contributed by atoms with Gasteiger partial charge in [0.05, 0.1) is 0 Å². The Balaban J connectivity index is 0.990. The van der Waals surface area contributed by atoms with Crippen LogP contribution in [-0.4, -0.2) is 15.0 Å². The fourth-order valence-electron chi connectivity index (χ4n) is 11.4. The number of aromatic nitrogens is 3. The lowest BCUT2D eigenvalue weighted by Gasteiger charge is -2.57. The molecule has 0 saturated heterocycles. The molecule has 2 heterocycles. The van der Waals surface area contributed by atoms with Crippen LogP contribution >= 0.6 is 0 Å². The van der Waals surface area contributed by atoms with Gasteiger partial charge in [0.25, 0.3) is 0 Å². The first kappa shape index (κ1) is 32.8. The average Bonchev–Trinajstić information content (AvgIpc) is 3.65. The Labute approximate surface area is 332 Å². The summed E-state index contributed by atoms with van der Waals surface area (Å²) < 4.78 is 6.31. The van der Waals surface area contributed by atoms with Crippen LogP contribution in [0, 0.1) is 17.8 Å². The predicted octanol–water partition coefficient (Wildman–Crippen LogP) is 13.7. The van der Waals surface area contributed by atoms with Crippen molar-refractivity contribution >= 4 is 32.7 Å². The molecule has 0 unspecified atom stereocenters. The van der Waals surface area contributed by atoms with Crippen LogP contribution in [0.5, 0.6) is 0 Å². The van der Waals surface area contributed by atoms with Crippen molar-refractivity contribution in [3.8, 4) is 56.4 Å². The van der Waals surface area contributed by atoms with Crippen LogP contribution in [0.4, 0.5) is 0 Å². The van der Waals surface area contributed by atoms with E-state index in [2.05, 4.69) is 127 Å². The third-order valence-electron chi connectivity index (χ3n) is 13.5. The second kappa shape index (κ2) is 12.8. The van der Waals surface area contributed by atoms with Crippen molar-refractivity contribution in [2.24, 2.45) is 17.8 Å². The summed E-state index contributed by atoms with van der Waals surface area (Å²) in [6.07, 6.45) is 8.56. The van der Waals surface area contributed by atoms with Gasteiger partial charge in [-0.05, 0) is 118 Å². The van der Waals surface area contributed by atoms with Gasteiger partial charge < -0.3 is 4.42 Å². The molecule has 0 amide bonds. The number of hydrogen-bond donors (Lipinski definition) is 0. The zero-order chi connectivity index (χ0) is 37.5. The molecule has 0 aliphatic heterocycles. The topological polar surface area (TPSA) is 51.8 Å². The SMILES string of the molecule is c1ccc(-c2ccc(-c3nc(-c4ccc(-c5ccc(C67CC8CC(CC(C8)C6)C7)cc5)c5ccccc45)nc(-c4cccc5oc6ccccc6c45)n3)cc2)cc1. The summed E-state index contributed by atoms with van der Waals surface area (Å²) in [5, 5.41) is 4.36. The molecular weight excluding hydrogens is 695 g/mol. The summed E-state index contributed by atoms with van der Waals surface area (Å²) in [5.74, 6) is 4.70. The van der Waals surface area contributed by atoms with Crippen molar-refractivity contribution in [3.05, 3.63) is 163 Å². The fourth-order valence-corrected chi connectivity index (χ4v) is 11.4. The minimum Gasteiger partial charge on any atom is -0.456 e. The first-order valence-corrected chi connectivity index (χ1v) is 20.6. The van der Waals surface area contributed by atoms with Gasteiger partial charge in [-0.2, -0.15) is 0 Å². The molecule has 7 aromatic carbocycles. The monoisotopic (exact) mass is 735 g/mol. The molecule has 0 spiro atoms. The van der Waals surface area contributed by atoms with Crippen molar-refractivity contribution in [3.63, 3.8) is 0 Å². The fraction of sp³-hybridized carbons (Fsp3) is 0.189. The van der Waals surface area contributed by atoms with E-state index >= 15 is 0 Å². The molecule has 0 radical (unpaired) electrons. The van der Waals surface area contributed by atoms with E-state index in [1.165, 1.54) is 60.6 Å². The van der Waals surface area contributed by atoms with E-state index in [1.54, 1.807) is 5.56 Å². The molecule has 9 aromatic rings. The number of rotatable bonds is 6. The van der Waals surface area contributed by atoms with Gasteiger partial charge in [-0.3, -0.25) is 0 Å². The van der Waals surface area contributed by atoms with E-state index < -0.39 is 0 Å². The molecule has 4 heteroatoms. The quantitative estimate of drug-likeness (QED) is 0.171. The zero-order valence-electron chi connectivity index (χ0n) is 31.7. The maximum Gasteiger partial charge on any atom is 0.164 e. The highest BCUT2D eigenvalue weighted by Crippen LogP contribution is 2.60. The van der Waals surface area contributed by atoms with Gasteiger partial charge in [-0.1, -0.05) is 140 Å². The van der Waals surface area contributed by atoms with E-state index in [-0.39, 0.29) is 0 Å². The van der Waals surface area contributed by atoms with Gasteiger partial charge in [-0.15, -0.1) is 0 Å². The average molecular weight is 736 g/mol. The van der Waals surface area contributed by atoms with Crippen LogP contribution in [0.3, 0.4) is 0 Å². The number of nitrogens with zero attached hydrogens (tertiary/aromatic N) is 3. The van der Waals surface area contributed by atoms with Gasteiger partial charge >= 0.3 is 0 Å². The van der Waals surface area contributed by atoms with Crippen LogP contribution in [-0.2, 0) is 5.41 Å². The van der Waals surface area contributed by atoms with E-state index in [9.17, 15) is 0 Å². The molecule has 13 rings (SSSR count). The maximum atomic E-state index is 6.31. The molecule has 4 bridgehead atoms. The van der Waals surface area contributed by atoms with Gasteiger partial charge in [0, 0.05) is 27.5 Å². The number of fused-ring (bicyclic) bond motifs is 4. The Hall–Kier alpha value is -6.39. The Morgan fingerprint density at radius 1 is 0.386 bits per heavy atom. The minimum atomic E-state index is 0.391. The number of hydrogen-bond acceptors (Lipinski definition) is 4. The van der Waals surface area contributed by atoms with Gasteiger partial charge in [0.1, 0.15) is 11.2 Å². The van der Waals surface area contributed by atoms with E-state index in [0.29, 0.717) is 22.9 Å². The van der Waals surface area contributed by atoms with Crippen LogP contribution in [0.15, 0.2) is 162 Å². The van der Waals surface area contributed by atoms with Crippen LogP contribution in [0.2, 0.25) is 0 Å². The highest BCUT2D eigenvalue weighted by Gasteiger charge is 2.51. The zero-order valence-corrected chi connectivity index (χ0v) is 31.7. The molecule has 2 aromatic heterocycles. The van der Waals surface area contributed by atoms with Crippen molar-refractivity contribution < 1.29 is 4.42 Å². The molecule has 4 fully saturated rings. The molecule has 274 valence electrons. The lowest BCUT2D eigenvalue weighted by Crippen LogP contribution is -2.48. The van der Waals surface area contributed by atoms with Gasteiger partial charge in [-0.25, -0.2) is 15.0 Å². The first-order valence-electron chi connectivity index (χ1n) is 20.6. The summed E-state index contributed by atoms with van der Waals surface area (Å²) in [7, 11) is 0. The number of para-hydroxylation sites is 1. The summed E-state index contributed by atoms with van der Waals surface area (Å²) in [6, 6.07) is 56.2. The lowest BCUT2D eigenvalue weighted by molar-refractivity contribution is -0.00518. The molecule has 0 N–H and O–H groups in total. The van der Waals surface area contributed by atoms with Crippen LogP contribution in [0.1, 0.15) is 44.1 Å². The molecule has 0 atom stereocenters. The maximum absolute atomic E-state index is 6.31. The smallest absolute Gasteiger partial charge is 0.164 e. The highest BCUT2D eigenvalue weighted by molar-refractivity contribution is 6.12. The summed E-state index contributed by atoms with van der Waals surface area (Å²) in [5.41, 5.74) is 11.3. The van der Waals surface area contributed by atoms with E-state index in [4.69, 9.17) is 19.4 Å². The summed E-state index contributed by atoms with van der Waals surface area (Å²) >= 11 is 0. The standard InChI is InChI=1S/C53H41N3O/c1-2-9-36(10-3-1)37-17-19-39(20-18-37)50-54-51(56-52(55-50)46-14-8-16-48-49(46)45-13-6-7-15-47(45)57-48)44-26-25-41(42-11-4-5-12-43(42)44)38-21-23-40(24-22-38)53-30-33-27-34(31-53)29-35(28-33)32-53/h1-26,33-35H,27-32H2. The van der Waals surface area contributed by atoms with E-state index in [0.717, 1.165) is 67.3 Å². The molecule has 4 aliphatic carbocycles. The third kappa shape index (κ3) is 5.45. The Morgan fingerprint density at radius 3 is 1.63 bits per heavy atom. The van der Waals surface area contributed by atoms with Crippen molar-refractivity contribution in [2.45, 2.75) is 43.9 Å². The van der Waals surface area contributed by atoms with Crippen LogP contribution in [0.25, 0.3) is 89.1 Å².